The molecular formula is C28H40Br2N2. The Morgan fingerprint density at radius 2 is 1.34 bits per heavy atom. The van der Waals surface area contributed by atoms with Gasteiger partial charge < -0.3 is 17.0 Å². The average molecular weight is 564 g/mol. The van der Waals surface area contributed by atoms with Gasteiger partial charge in [0.2, 0.25) is 5.69 Å². The molecule has 2 nitrogen and oxygen atoms in total. The first kappa shape index (κ1) is 28.8. The van der Waals surface area contributed by atoms with Crippen LogP contribution in [0.4, 0.5) is 11.4 Å². The van der Waals surface area contributed by atoms with Gasteiger partial charge in [0.05, 0.1) is 11.1 Å². The largest absolute Gasteiger partial charge is 1.00 e. The molecule has 0 aliphatic carbocycles. The van der Waals surface area contributed by atoms with Gasteiger partial charge in [-0.25, -0.2) is 0 Å². The molecule has 2 aromatic carbocycles. The van der Waals surface area contributed by atoms with E-state index in [9.17, 15) is 0 Å². The maximum Gasteiger partial charge on any atom is 0.209 e. The molecule has 0 amide bonds. The highest BCUT2D eigenvalue weighted by atomic mass is 79.9. The van der Waals surface area contributed by atoms with Crippen LogP contribution >= 0.6 is 15.9 Å². The van der Waals surface area contributed by atoms with E-state index in [1.807, 2.05) is 6.07 Å². The molecular weight excluding hydrogens is 524 g/mol. The van der Waals surface area contributed by atoms with Crippen LogP contribution in [-0.4, -0.2) is 27.9 Å². The van der Waals surface area contributed by atoms with Crippen LogP contribution in [0.1, 0.15) is 79.4 Å². The van der Waals surface area contributed by atoms with Crippen LogP contribution in [0.5, 0.6) is 0 Å². The van der Waals surface area contributed by atoms with Crippen LogP contribution in [0.15, 0.2) is 53.5 Å². The summed E-state index contributed by atoms with van der Waals surface area (Å²) in [6.45, 7) is 18.9. The van der Waals surface area contributed by atoms with Gasteiger partial charge in [-0.15, -0.1) is 0 Å². The first-order valence-electron chi connectivity index (χ1n) is 11.5. The summed E-state index contributed by atoms with van der Waals surface area (Å²) in [6.07, 6.45) is 2.43. The lowest BCUT2D eigenvalue weighted by molar-refractivity contribution is -0.438. The number of hydrogen-bond acceptors (Lipinski definition) is 1. The first-order valence-corrected chi connectivity index (χ1v) is 12.7. The fourth-order valence-electron chi connectivity index (χ4n) is 4.08. The third-order valence-electron chi connectivity index (χ3n) is 6.58. The van der Waals surface area contributed by atoms with Gasteiger partial charge in [-0.3, -0.25) is 4.99 Å². The molecule has 0 radical (unpaired) electrons. The Bertz CT molecular complexity index is 953. The van der Waals surface area contributed by atoms with Crippen LogP contribution in [0, 0.1) is 0 Å². The third kappa shape index (κ3) is 5.99. The smallest absolute Gasteiger partial charge is 0.209 e. The molecule has 2 heterocycles. The second-order valence-electron chi connectivity index (χ2n) is 9.41. The normalized spacial score (nSPS) is 16.5. The minimum absolute atomic E-state index is 0. The Morgan fingerprint density at radius 3 is 1.88 bits per heavy atom. The number of rotatable bonds is 3. The predicted molar refractivity (Wildman–Crippen MR) is 142 cm³/mol. The van der Waals surface area contributed by atoms with Gasteiger partial charge in [0.1, 0.15) is 6.54 Å². The van der Waals surface area contributed by atoms with Crippen molar-refractivity contribution in [1.29, 1.82) is 0 Å². The topological polar surface area (TPSA) is 15.4 Å². The number of hydrogen-bond donors (Lipinski definition) is 0. The highest BCUT2D eigenvalue weighted by Crippen LogP contribution is 2.40. The second kappa shape index (κ2) is 12.3. The lowest BCUT2D eigenvalue weighted by Gasteiger charge is -2.19. The van der Waals surface area contributed by atoms with Crippen LogP contribution in [0.2, 0.25) is 0 Å². The molecule has 0 spiro atoms. The second-order valence-corrected chi connectivity index (χ2v) is 10.2. The number of alkyl halides is 1. The summed E-state index contributed by atoms with van der Waals surface area (Å²) >= 11 is 3.25. The number of aliphatic imine (C=N–C) groups is 1. The molecule has 0 aromatic heterocycles. The van der Waals surface area contributed by atoms with Gasteiger partial charge in [0.15, 0.2) is 5.71 Å². The van der Waals surface area contributed by atoms with Crippen molar-refractivity contribution < 1.29 is 21.6 Å². The lowest BCUT2D eigenvalue weighted by Crippen LogP contribution is -3.00. The van der Waals surface area contributed by atoms with E-state index >= 15 is 0 Å². The van der Waals surface area contributed by atoms with Crippen molar-refractivity contribution in [2.24, 2.45) is 4.99 Å². The molecule has 0 saturated carbocycles. The van der Waals surface area contributed by atoms with Crippen molar-refractivity contribution in [2.75, 3.05) is 11.9 Å². The summed E-state index contributed by atoms with van der Waals surface area (Å²) in [5, 5.41) is 1.13. The standard InChI is InChI=1S/C14H20N.C11H13N.C3H7Br.BrH/c1-5-10-15-11(2)14(3,4)12-8-6-7-9-13(12)15;1-8-11(2,3)9-6-4-5-7-10(9)12-8;1-2-3-4;/h6-9H,5,10H2,1-4H3;4-7H,1-3H3;2-3H2,1H3;1H/q+1;;;/p-1. The van der Waals surface area contributed by atoms with Gasteiger partial charge in [0.25, 0.3) is 0 Å². The fraction of sp³-hybridized carbons (Fsp3) is 0.500. The minimum Gasteiger partial charge on any atom is -1.00 e. The molecule has 2 aromatic rings. The maximum absolute atomic E-state index is 4.52. The first-order chi connectivity index (χ1) is 14.6. The van der Waals surface area contributed by atoms with Crippen molar-refractivity contribution >= 4 is 38.7 Å². The highest BCUT2D eigenvalue weighted by Gasteiger charge is 2.42. The Balaban J connectivity index is 0.000000272. The van der Waals surface area contributed by atoms with Gasteiger partial charge in [0, 0.05) is 41.4 Å². The summed E-state index contributed by atoms with van der Waals surface area (Å²) in [5.74, 6) is 0. The molecule has 0 unspecified atom stereocenters. The molecule has 4 heteroatoms. The van der Waals surface area contributed by atoms with Crippen molar-refractivity contribution in [3.8, 4) is 0 Å². The van der Waals surface area contributed by atoms with Crippen LogP contribution in [-0.2, 0) is 10.8 Å². The molecule has 0 fully saturated rings. The van der Waals surface area contributed by atoms with E-state index in [0.717, 1.165) is 17.6 Å². The molecule has 4 rings (SSSR count). The Hall–Kier alpha value is -1.26. The number of nitrogens with zero attached hydrogens (tertiary/aromatic N) is 2. The van der Waals surface area contributed by atoms with Gasteiger partial charge in [-0.2, -0.15) is 4.58 Å². The van der Waals surface area contributed by atoms with Gasteiger partial charge in [-0.05, 0) is 38.8 Å². The van der Waals surface area contributed by atoms with E-state index in [-0.39, 0.29) is 27.8 Å². The Labute approximate surface area is 215 Å². The van der Waals surface area contributed by atoms with Crippen molar-refractivity contribution in [1.82, 2.24) is 0 Å². The SMILES string of the molecule is CC1=Nc2ccccc2C1(C)C.CCCBr.CCC[N+]1=C(C)C(C)(C)c2ccccc21.[Br-]. The molecule has 0 saturated heterocycles. The van der Waals surface area contributed by atoms with E-state index in [0.29, 0.717) is 0 Å². The Kier molecular flexibility index (Phi) is 11.0. The lowest BCUT2D eigenvalue weighted by atomic mass is 9.82. The molecule has 0 N–H and O–H groups in total. The zero-order valence-electron chi connectivity index (χ0n) is 21.1. The molecule has 0 atom stereocenters. The van der Waals surface area contributed by atoms with E-state index in [1.54, 1.807) is 0 Å². The van der Waals surface area contributed by atoms with Crippen molar-refractivity contribution in [2.45, 2.75) is 79.1 Å². The third-order valence-corrected chi connectivity index (χ3v) is 7.38. The monoisotopic (exact) mass is 562 g/mol. The van der Waals surface area contributed by atoms with Gasteiger partial charge >= 0.3 is 0 Å². The van der Waals surface area contributed by atoms with Crippen LogP contribution in [0.3, 0.4) is 0 Å². The summed E-state index contributed by atoms with van der Waals surface area (Å²) in [6, 6.07) is 17.1. The zero-order valence-corrected chi connectivity index (χ0v) is 24.3. The number of para-hydroxylation sites is 2. The summed E-state index contributed by atoms with van der Waals surface area (Å²) in [5.41, 5.74) is 8.39. The quantitative estimate of drug-likeness (QED) is 0.353. The molecule has 32 heavy (non-hydrogen) atoms. The number of fused-ring (bicyclic) bond motifs is 2. The van der Waals surface area contributed by atoms with Crippen LogP contribution < -0.4 is 17.0 Å². The molecule has 0 bridgehead atoms. The Morgan fingerprint density at radius 1 is 0.812 bits per heavy atom. The van der Waals surface area contributed by atoms with Crippen LogP contribution in [0.25, 0.3) is 0 Å². The van der Waals surface area contributed by atoms with E-state index < -0.39 is 0 Å². The minimum atomic E-state index is 0. The summed E-state index contributed by atoms with van der Waals surface area (Å²) in [7, 11) is 0. The van der Waals surface area contributed by atoms with E-state index in [4.69, 9.17) is 0 Å². The molecule has 176 valence electrons. The van der Waals surface area contributed by atoms with Crippen molar-refractivity contribution in [3.63, 3.8) is 0 Å². The zero-order chi connectivity index (χ0) is 23.2. The highest BCUT2D eigenvalue weighted by molar-refractivity contribution is 9.09. The summed E-state index contributed by atoms with van der Waals surface area (Å²) < 4.78 is 2.47. The van der Waals surface area contributed by atoms with Crippen molar-refractivity contribution in [3.05, 3.63) is 59.7 Å². The van der Waals surface area contributed by atoms with E-state index in [2.05, 4.69) is 123 Å². The fourth-order valence-corrected chi connectivity index (χ4v) is 4.08. The number of benzene rings is 2. The number of halogens is 2. The van der Waals surface area contributed by atoms with Gasteiger partial charge in [-0.1, -0.05) is 80.0 Å². The maximum atomic E-state index is 4.52. The predicted octanol–water partition coefficient (Wildman–Crippen LogP) is 5.36. The molecule has 2 aliphatic rings. The molecule has 2 aliphatic heterocycles. The average Bonchev–Trinajstić information content (AvgIpc) is 3.11. The van der Waals surface area contributed by atoms with E-state index in [1.165, 1.54) is 41.1 Å². The summed E-state index contributed by atoms with van der Waals surface area (Å²) in [4.78, 5) is 4.52.